The molecule has 1 aromatic heterocycles. The first-order chi connectivity index (χ1) is 11.8. The minimum Gasteiger partial charge on any atom is -0.461 e. The Labute approximate surface area is 146 Å². The smallest absolute Gasteiger partial charge is 0.354 e. The van der Waals surface area contributed by atoms with Gasteiger partial charge in [0.25, 0.3) is 0 Å². The van der Waals surface area contributed by atoms with Crippen LogP contribution in [0.1, 0.15) is 75.7 Å². The highest BCUT2D eigenvalue weighted by molar-refractivity contribution is 5.95. The molecule has 0 atom stereocenters. The second kappa shape index (κ2) is 10.2. The molecule has 0 saturated heterocycles. The third kappa shape index (κ3) is 5.12. The Kier molecular flexibility index (Phi) is 7.87. The van der Waals surface area contributed by atoms with Crippen molar-refractivity contribution < 1.29 is 9.53 Å². The van der Waals surface area contributed by atoms with Crippen molar-refractivity contribution in [2.45, 2.75) is 71.8 Å². The molecule has 3 heteroatoms. The standard InChI is InChI=1S/C21H31NO2/c1-3-5-6-7-8-9-10-13-16-22-19-15-12-11-14-18(19)17-20(22)21(23)24-4-2/h11-12,14-15,17H,3-10,13,16H2,1-2H3. The molecule has 0 unspecified atom stereocenters. The van der Waals surface area contributed by atoms with E-state index in [2.05, 4.69) is 23.6 Å². The van der Waals surface area contributed by atoms with E-state index in [0.29, 0.717) is 12.3 Å². The molecule has 0 N–H and O–H groups in total. The van der Waals surface area contributed by atoms with Crippen molar-refractivity contribution in [3.63, 3.8) is 0 Å². The van der Waals surface area contributed by atoms with Crippen LogP contribution in [0.2, 0.25) is 0 Å². The molecule has 24 heavy (non-hydrogen) atoms. The average Bonchev–Trinajstić information content (AvgIpc) is 2.96. The van der Waals surface area contributed by atoms with Gasteiger partial charge in [-0.1, -0.05) is 70.1 Å². The van der Waals surface area contributed by atoms with Crippen LogP contribution < -0.4 is 0 Å². The average molecular weight is 329 g/mol. The quantitative estimate of drug-likeness (QED) is 0.376. The van der Waals surface area contributed by atoms with Crippen LogP contribution in [0.25, 0.3) is 10.9 Å². The first-order valence-corrected chi connectivity index (χ1v) is 9.53. The molecule has 0 aliphatic rings. The van der Waals surface area contributed by atoms with Crippen molar-refractivity contribution in [2.75, 3.05) is 6.61 Å². The molecule has 0 bridgehead atoms. The molecule has 0 aliphatic heterocycles. The summed E-state index contributed by atoms with van der Waals surface area (Å²) in [7, 11) is 0. The van der Waals surface area contributed by atoms with Gasteiger partial charge < -0.3 is 9.30 Å². The Balaban J connectivity index is 1.92. The number of nitrogens with zero attached hydrogens (tertiary/aromatic N) is 1. The summed E-state index contributed by atoms with van der Waals surface area (Å²) in [6.45, 7) is 5.40. The highest BCUT2D eigenvalue weighted by Crippen LogP contribution is 2.22. The largest absolute Gasteiger partial charge is 0.461 e. The molecular formula is C21H31NO2. The fourth-order valence-corrected chi connectivity index (χ4v) is 3.23. The van der Waals surface area contributed by atoms with Crippen molar-refractivity contribution in [1.29, 1.82) is 0 Å². The maximum Gasteiger partial charge on any atom is 0.354 e. The number of rotatable bonds is 11. The van der Waals surface area contributed by atoms with Gasteiger partial charge in [0, 0.05) is 17.4 Å². The maximum absolute atomic E-state index is 12.2. The molecule has 1 heterocycles. The monoisotopic (exact) mass is 329 g/mol. The van der Waals surface area contributed by atoms with Crippen molar-refractivity contribution in [3.05, 3.63) is 36.0 Å². The van der Waals surface area contributed by atoms with Crippen LogP contribution in [0.4, 0.5) is 0 Å². The summed E-state index contributed by atoms with van der Waals surface area (Å²) in [6.07, 6.45) is 10.3. The van der Waals surface area contributed by atoms with Crippen molar-refractivity contribution >= 4 is 16.9 Å². The van der Waals surface area contributed by atoms with E-state index in [1.54, 1.807) is 0 Å². The number of aryl methyl sites for hydroxylation is 1. The lowest BCUT2D eigenvalue weighted by molar-refractivity contribution is 0.0514. The third-order valence-electron chi connectivity index (χ3n) is 4.53. The number of carbonyl (C=O) groups excluding carboxylic acids is 1. The minimum atomic E-state index is -0.215. The fraction of sp³-hybridized carbons (Fsp3) is 0.571. The first-order valence-electron chi connectivity index (χ1n) is 9.53. The number of aromatic nitrogens is 1. The SMILES string of the molecule is CCCCCCCCCCn1c(C(=O)OCC)cc2ccccc21. The van der Waals surface area contributed by atoms with Crippen molar-refractivity contribution in [1.82, 2.24) is 4.57 Å². The summed E-state index contributed by atoms with van der Waals surface area (Å²) < 4.78 is 7.35. The zero-order chi connectivity index (χ0) is 17.2. The van der Waals surface area contributed by atoms with Gasteiger partial charge in [0.15, 0.2) is 0 Å². The highest BCUT2D eigenvalue weighted by Gasteiger charge is 2.15. The van der Waals surface area contributed by atoms with Gasteiger partial charge in [-0.25, -0.2) is 4.79 Å². The van der Waals surface area contributed by atoms with Gasteiger partial charge in [0.05, 0.1) is 6.61 Å². The van der Waals surface area contributed by atoms with Crippen LogP contribution in [0, 0.1) is 0 Å². The van der Waals surface area contributed by atoms with Crippen LogP contribution in [0.5, 0.6) is 0 Å². The van der Waals surface area contributed by atoms with Crippen molar-refractivity contribution in [3.8, 4) is 0 Å². The third-order valence-corrected chi connectivity index (χ3v) is 4.53. The number of esters is 1. The van der Waals surface area contributed by atoms with Crippen LogP contribution in [0.3, 0.4) is 0 Å². The number of benzene rings is 1. The Bertz CT molecular complexity index is 630. The molecule has 0 aliphatic carbocycles. The molecule has 0 fully saturated rings. The molecule has 132 valence electrons. The second-order valence-electron chi connectivity index (χ2n) is 6.44. The Morgan fingerprint density at radius 2 is 1.62 bits per heavy atom. The van der Waals surface area contributed by atoms with Gasteiger partial charge in [0.2, 0.25) is 0 Å². The molecule has 0 spiro atoms. The molecule has 2 aromatic rings. The zero-order valence-corrected chi connectivity index (χ0v) is 15.2. The number of carbonyl (C=O) groups is 1. The van der Waals surface area contributed by atoms with Crippen LogP contribution in [-0.2, 0) is 11.3 Å². The van der Waals surface area contributed by atoms with E-state index in [1.807, 2.05) is 25.1 Å². The number of fused-ring (bicyclic) bond motifs is 1. The van der Waals surface area contributed by atoms with Gasteiger partial charge in [-0.15, -0.1) is 0 Å². The van der Waals surface area contributed by atoms with E-state index >= 15 is 0 Å². The molecular weight excluding hydrogens is 298 g/mol. The predicted octanol–water partition coefficient (Wildman–Crippen LogP) is 5.96. The van der Waals surface area contributed by atoms with Crippen LogP contribution >= 0.6 is 0 Å². The Hall–Kier alpha value is -1.77. The van der Waals surface area contributed by atoms with Gasteiger partial charge in [-0.05, 0) is 25.5 Å². The lowest BCUT2D eigenvalue weighted by Crippen LogP contribution is -2.12. The van der Waals surface area contributed by atoms with Crippen LogP contribution in [0.15, 0.2) is 30.3 Å². The molecule has 1 aromatic carbocycles. The lowest BCUT2D eigenvalue weighted by atomic mass is 10.1. The van der Waals surface area contributed by atoms with E-state index in [9.17, 15) is 4.79 Å². The van der Waals surface area contributed by atoms with Crippen molar-refractivity contribution in [2.24, 2.45) is 0 Å². The number of ether oxygens (including phenoxy) is 1. The summed E-state index contributed by atoms with van der Waals surface area (Å²) in [4.78, 5) is 12.2. The topological polar surface area (TPSA) is 31.2 Å². The summed E-state index contributed by atoms with van der Waals surface area (Å²) >= 11 is 0. The summed E-state index contributed by atoms with van der Waals surface area (Å²) in [6, 6.07) is 10.1. The number of hydrogen-bond acceptors (Lipinski definition) is 2. The van der Waals surface area contributed by atoms with Gasteiger partial charge in [0.1, 0.15) is 5.69 Å². The van der Waals surface area contributed by atoms with E-state index in [0.717, 1.165) is 23.9 Å². The normalized spacial score (nSPS) is 11.1. The van der Waals surface area contributed by atoms with Crippen LogP contribution in [-0.4, -0.2) is 17.1 Å². The van der Waals surface area contributed by atoms with Gasteiger partial charge in [-0.2, -0.15) is 0 Å². The first kappa shape index (κ1) is 18.6. The van der Waals surface area contributed by atoms with E-state index in [-0.39, 0.29) is 5.97 Å². The van der Waals surface area contributed by atoms with E-state index in [1.165, 1.54) is 44.9 Å². The molecule has 0 radical (unpaired) electrons. The number of hydrogen-bond donors (Lipinski definition) is 0. The minimum absolute atomic E-state index is 0.215. The lowest BCUT2D eigenvalue weighted by Gasteiger charge is -2.10. The molecule has 0 amide bonds. The van der Waals surface area contributed by atoms with Gasteiger partial charge >= 0.3 is 5.97 Å². The number of unbranched alkanes of at least 4 members (excludes halogenated alkanes) is 7. The van der Waals surface area contributed by atoms with E-state index in [4.69, 9.17) is 4.74 Å². The highest BCUT2D eigenvalue weighted by atomic mass is 16.5. The summed E-state index contributed by atoms with van der Waals surface area (Å²) in [5.41, 5.74) is 1.81. The maximum atomic E-state index is 12.2. The number of para-hydroxylation sites is 1. The molecule has 2 rings (SSSR count). The van der Waals surface area contributed by atoms with E-state index < -0.39 is 0 Å². The predicted molar refractivity (Wildman–Crippen MR) is 101 cm³/mol. The van der Waals surface area contributed by atoms with Gasteiger partial charge in [-0.3, -0.25) is 0 Å². The fourth-order valence-electron chi connectivity index (χ4n) is 3.23. The second-order valence-corrected chi connectivity index (χ2v) is 6.44. The molecule has 0 saturated carbocycles. The summed E-state index contributed by atoms with van der Waals surface area (Å²) in [5, 5.41) is 1.11. The zero-order valence-electron chi connectivity index (χ0n) is 15.2. The summed E-state index contributed by atoms with van der Waals surface area (Å²) in [5.74, 6) is -0.215. The Morgan fingerprint density at radius 3 is 2.33 bits per heavy atom. The molecule has 3 nitrogen and oxygen atoms in total. The Morgan fingerprint density at radius 1 is 0.958 bits per heavy atom.